The summed E-state index contributed by atoms with van der Waals surface area (Å²) in [7, 11) is 3.28. The highest BCUT2D eigenvalue weighted by atomic mass is 79.9. The van der Waals surface area contributed by atoms with Crippen molar-refractivity contribution in [2.24, 2.45) is 0 Å². The second kappa shape index (κ2) is 7.43. The molecule has 112 valence electrons. The van der Waals surface area contributed by atoms with Crippen LogP contribution in [0.15, 0.2) is 41.0 Å². The van der Waals surface area contributed by atoms with E-state index in [0.717, 1.165) is 22.3 Å². The number of ether oxygens (including phenoxy) is 2. The van der Waals surface area contributed by atoms with Crippen LogP contribution in [0.25, 0.3) is 0 Å². The van der Waals surface area contributed by atoms with Gasteiger partial charge in [0, 0.05) is 24.8 Å². The molecule has 1 unspecified atom stereocenters. The van der Waals surface area contributed by atoms with Crippen LogP contribution in [0.5, 0.6) is 11.6 Å². The van der Waals surface area contributed by atoms with Gasteiger partial charge in [-0.2, -0.15) is 0 Å². The second-order valence-electron chi connectivity index (χ2n) is 4.71. The fraction of sp³-hybridized carbons (Fsp3) is 0.312. The molecule has 0 saturated heterocycles. The summed E-state index contributed by atoms with van der Waals surface area (Å²) in [4.78, 5) is 4.20. The van der Waals surface area contributed by atoms with Crippen molar-refractivity contribution >= 4 is 15.9 Å². The molecule has 0 spiro atoms. The lowest BCUT2D eigenvalue weighted by Crippen LogP contribution is -2.18. The Labute approximate surface area is 133 Å². The predicted molar refractivity (Wildman–Crippen MR) is 86.7 cm³/mol. The molecule has 2 rings (SSSR count). The van der Waals surface area contributed by atoms with Crippen LogP contribution in [0.4, 0.5) is 0 Å². The van der Waals surface area contributed by atoms with Crippen molar-refractivity contribution in [3.8, 4) is 11.6 Å². The molecule has 21 heavy (non-hydrogen) atoms. The Morgan fingerprint density at radius 1 is 1.19 bits per heavy atom. The molecular weight excluding hydrogens is 332 g/mol. The van der Waals surface area contributed by atoms with Crippen LogP contribution in [0.3, 0.4) is 0 Å². The molecule has 1 atom stereocenters. The standard InChI is InChI=1S/C16H19BrN2O2/c1-11(13-5-6-15(20-2)14(17)8-13)18-9-12-4-7-16(21-3)19-10-12/h4-8,10-11,18H,9H2,1-3H3. The molecule has 0 aliphatic carbocycles. The Morgan fingerprint density at radius 2 is 2.00 bits per heavy atom. The van der Waals surface area contributed by atoms with E-state index in [1.807, 2.05) is 24.4 Å². The van der Waals surface area contributed by atoms with Gasteiger partial charge in [0.2, 0.25) is 5.88 Å². The Hall–Kier alpha value is -1.59. The van der Waals surface area contributed by atoms with E-state index >= 15 is 0 Å². The fourth-order valence-electron chi connectivity index (χ4n) is 1.98. The molecule has 4 nitrogen and oxygen atoms in total. The molecule has 1 aromatic carbocycles. The van der Waals surface area contributed by atoms with E-state index in [1.165, 1.54) is 5.56 Å². The molecule has 5 heteroatoms. The Bertz CT molecular complexity index is 587. The topological polar surface area (TPSA) is 43.4 Å². The van der Waals surface area contributed by atoms with Gasteiger partial charge >= 0.3 is 0 Å². The lowest BCUT2D eigenvalue weighted by Gasteiger charge is -2.15. The summed E-state index contributed by atoms with van der Waals surface area (Å²) >= 11 is 3.51. The Balaban J connectivity index is 1.97. The van der Waals surface area contributed by atoms with Gasteiger partial charge in [-0.05, 0) is 46.1 Å². The maximum atomic E-state index is 5.24. The summed E-state index contributed by atoms with van der Waals surface area (Å²) in [6, 6.07) is 10.2. The number of pyridine rings is 1. The van der Waals surface area contributed by atoms with Gasteiger partial charge in [-0.15, -0.1) is 0 Å². The molecule has 0 aliphatic rings. The molecule has 1 aromatic heterocycles. The molecule has 0 aliphatic heterocycles. The van der Waals surface area contributed by atoms with E-state index in [4.69, 9.17) is 9.47 Å². The molecule has 1 heterocycles. The SMILES string of the molecule is COc1ccc(CNC(C)c2ccc(OC)c(Br)c2)cn1. The average Bonchev–Trinajstić information content (AvgIpc) is 2.53. The largest absolute Gasteiger partial charge is 0.496 e. The molecule has 0 saturated carbocycles. The molecule has 0 fully saturated rings. The minimum absolute atomic E-state index is 0.231. The first-order valence-corrected chi connectivity index (χ1v) is 7.49. The van der Waals surface area contributed by atoms with Gasteiger partial charge in [0.1, 0.15) is 5.75 Å². The Kier molecular flexibility index (Phi) is 5.59. The lowest BCUT2D eigenvalue weighted by molar-refractivity contribution is 0.397. The highest BCUT2D eigenvalue weighted by Crippen LogP contribution is 2.28. The van der Waals surface area contributed by atoms with E-state index in [2.05, 4.69) is 45.3 Å². The van der Waals surface area contributed by atoms with Crippen LogP contribution < -0.4 is 14.8 Å². The van der Waals surface area contributed by atoms with Crippen molar-refractivity contribution in [2.45, 2.75) is 19.5 Å². The van der Waals surface area contributed by atoms with Crippen molar-refractivity contribution in [3.05, 3.63) is 52.1 Å². The zero-order chi connectivity index (χ0) is 15.2. The number of hydrogen-bond acceptors (Lipinski definition) is 4. The number of halogens is 1. The van der Waals surface area contributed by atoms with Crippen LogP contribution in [-0.4, -0.2) is 19.2 Å². The van der Waals surface area contributed by atoms with Gasteiger partial charge in [0.15, 0.2) is 0 Å². The Morgan fingerprint density at radius 3 is 2.57 bits per heavy atom. The van der Waals surface area contributed by atoms with Crippen LogP contribution in [0.1, 0.15) is 24.1 Å². The number of nitrogens with zero attached hydrogens (tertiary/aromatic N) is 1. The smallest absolute Gasteiger partial charge is 0.212 e. The van der Waals surface area contributed by atoms with E-state index in [9.17, 15) is 0 Å². The third-order valence-corrected chi connectivity index (χ3v) is 3.91. The number of nitrogens with one attached hydrogen (secondary N) is 1. The monoisotopic (exact) mass is 350 g/mol. The first-order chi connectivity index (χ1) is 10.1. The maximum absolute atomic E-state index is 5.24. The molecular formula is C16H19BrN2O2. The normalized spacial score (nSPS) is 12.0. The van der Waals surface area contributed by atoms with Crippen molar-refractivity contribution in [2.75, 3.05) is 14.2 Å². The quantitative estimate of drug-likeness (QED) is 0.862. The van der Waals surface area contributed by atoms with Gasteiger partial charge < -0.3 is 14.8 Å². The highest BCUT2D eigenvalue weighted by molar-refractivity contribution is 9.10. The van der Waals surface area contributed by atoms with Gasteiger partial charge in [0.05, 0.1) is 18.7 Å². The first-order valence-electron chi connectivity index (χ1n) is 6.69. The van der Waals surface area contributed by atoms with Crippen LogP contribution >= 0.6 is 15.9 Å². The minimum atomic E-state index is 0.231. The van der Waals surface area contributed by atoms with Crippen LogP contribution in [-0.2, 0) is 6.54 Å². The number of methoxy groups -OCH3 is 2. The third kappa shape index (κ3) is 4.19. The van der Waals surface area contributed by atoms with E-state index in [0.29, 0.717) is 5.88 Å². The fourth-order valence-corrected chi connectivity index (χ4v) is 2.54. The summed E-state index contributed by atoms with van der Waals surface area (Å²) in [5.41, 5.74) is 2.32. The molecule has 2 aromatic rings. The number of benzene rings is 1. The van der Waals surface area contributed by atoms with Crippen molar-refractivity contribution in [3.63, 3.8) is 0 Å². The molecule has 0 amide bonds. The van der Waals surface area contributed by atoms with Crippen LogP contribution in [0.2, 0.25) is 0 Å². The lowest BCUT2D eigenvalue weighted by atomic mass is 10.1. The second-order valence-corrected chi connectivity index (χ2v) is 5.56. The third-order valence-electron chi connectivity index (χ3n) is 3.29. The van der Waals surface area contributed by atoms with Crippen molar-refractivity contribution < 1.29 is 9.47 Å². The summed E-state index contributed by atoms with van der Waals surface area (Å²) in [5.74, 6) is 1.47. The van der Waals surface area contributed by atoms with Gasteiger partial charge in [0.25, 0.3) is 0 Å². The number of rotatable bonds is 6. The maximum Gasteiger partial charge on any atom is 0.212 e. The first kappa shape index (κ1) is 15.8. The number of hydrogen-bond donors (Lipinski definition) is 1. The van der Waals surface area contributed by atoms with Gasteiger partial charge in [-0.25, -0.2) is 4.98 Å². The average molecular weight is 351 g/mol. The van der Waals surface area contributed by atoms with Crippen LogP contribution in [0, 0.1) is 0 Å². The molecule has 0 radical (unpaired) electrons. The summed E-state index contributed by atoms with van der Waals surface area (Å²) in [6.45, 7) is 2.88. The predicted octanol–water partition coefficient (Wildman–Crippen LogP) is 3.71. The zero-order valence-electron chi connectivity index (χ0n) is 12.4. The summed E-state index contributed by atoms with van der Waals surface area (Å²) in [5, 5.41) is 3.47. The van der Waals surface area contributed by atoms with Gasteiger partial charge in [-0.1, -0.05) is 12.1 Å². The molecule has 1 N–H and O–H groups in total. The summed E-state index contributed by atoms with van der Waals surface area (Å²) in [6.07, 6.45) is 1.82. The van der Waals surface area contributed by atoms with Gasteiger partial charge in [-0.3, -0.25) is 0 Å². The van der Waals surface area contributed by atoms with Crippen molar-refractivity contribution in [1.82, 2.24) is 10.3 Å². The minimum Gasteiger partial charge on any atom is -0.496 e. The van der Waals surface area contributed by atoms with E-state index in [1.54, 1.807) is 14.2 Å². The highest BCUT2D eigenvalue weighted by Gasteiger charge is 2.08. The molecule has 0 bridgehead atoms. The van der Waals surface area contributed by atoms with E-state index in [-0.39, 0.29) is 6.04 Å². The number of aromatic nitrogens is 1. The van der Waals surface area contributed by atoms with E-state index < -0.39 is 0 Å². The zero-order valence-corrected chi connectivity index (χ0v) is 14.0. The summed E-state index contributed by atoms with van der Waals surface area (Å²) < 4.78 is 11.3. The van der Waals surface area contributed by atoms with Crippen molar-refractivity contribution in [1.29, 1.82) is 0 Å².